The predicted molar refractivity (Wildman–Crippen MR) is 75.7 cm³/mol. The summed E-state index contributed by atoms with van der Waals surface area (Å²) in [6.07, 6.45) is -2.24. The largest absolute Gasteiger partial charge is 0.419 e. The third-order valence-electron chi connectivity index (χ3n) is 4.76. The average Bonchev–Trinajstić information content (AvgIpc) is 3.17. The molecule has 1 aromatic carbocycles. The van der Waals surface area contributed by atoms with Crippen LogP contribution in [0.3, 0.4) is 0 Å². The summed E-state index contributed by atoms with van der Waals surface area (Å²) in [7, 11) is 0. The molecule has 2 aliphatic rings. The second-order valence-electron chi connectivity index (χ2n) is 6.43. The fourth-order valence-electron chi connectivity index (χ4n) is 3.55. The number of primary amides is 1. The van der Waals surface area contributed by atoms with E-state index in [-0.39, 0.29) is 17.5 Å². The molecule has 2 N–H and O–H groups in total. The van der Waals surface area contributed by atoms with Gasteiger partial charge < -0.3 is 5.73 Å². The van der Waals surface area contributed by atoms with Gasteiger partial charge in [-0.3, -0.25) is 9.69 Å². The highest BCUT2D eigenvalue weighted by Crippen LogP contribution is 2.48. The maximum absolute atomic E-state index is 14.4. The summed E-state index contributed by atoms with van der Waals surface area (Å²) < 4.78 is 66.5. The van der Waals surface area contributed by atoms with Crippen LogP contribution < -0.4 is 5.73 Å². The fraction of sp³-hybridized carbons (Fsp3) is 0.562. The molecule has 1 aromatic rings. The summed E-state index contributed by atoms with van der Waals surface area (Å²) >= 11 is 0. The van der Waals surface area contributed by atoms with Crippen molar-refractivity contribution in [3.8, 4) is 0 Å². The lowest BCUT2D eigenvalue weighted by atomic mass is 9.97. The van der Waals surface area contributed by atoms with Gasteiger partial charge in [-0.05, 0) is 50.3 Å². The van der Waals surface area contributed by atoms with E-state index in [2.05, 4.69) is 0 Å². The van der Waals surface area contributed by atoms with Crippen molar-refractivity contribution >= 4 is 5.91 Å². The van der Waals surface area contributed by atoms with Crippen LogP contribution in [0.25, 0.3) is 0 Å². The topological polar surface area (TPSA) is 46.3 Å². The van der Waals surface area contributed by atoms with Crippen molar-refractivity contribution in [2.75, 3.05) is 6.54 Å². The Morgan fingerprint density at radius 1 is 1.17 bits per heavy atom. The first-order valence-electron chi connectivity index (χ1n) is 7.81. The summed E-state index contributed by atoms with van der Waals surface area (Å²) in [4.78, 5) is 13.3. The van der Waals surface area contributed by atoms with Crippen molar-refractivity contribution in [2.24, 2.45) is 11.7 Å². The molecule has 132 valence electrons. The highest BCUT2D eigenvalue weighted by atomic mass is 19.4. The van der Waals surface area contributed by atoms with Crippen molar-refractivity contribution in [3.05, 3.63) is 34.9 Å². The molecular formula is C16H17F5N2O. The number of hydrogen-bond donors (Lipinski definition) is 1. The molecule has 0 radical (unpaired) electrons. The Hall–Kier alpha value is -1.70. The first kappa shape index (κ1) is 17.1. The van der Waals surface area contributed by atoms with Gasteiger partial charge in [-0.1, -0.05) is 0 Å². The Bertz CT molecular complexity index is 657. The van der Waals surface area contributed by atoms with Gasteiger partial charge >= 0.3 is 6.18 Å². The lowest BCUT2D eigenvalue weighted by Gasteiger charge is -2.32. The summed E-state index contributed by atoms with van der Waals surface area (Å²) in [6.45, 7) is 0.483. The van der Waals surface area contributed by atoms with E-state index >= 15 is 0 Å². The van der Waals surface area contributed by atoms with Gasteiger partial charge in [0.15, 0.2) is 0 Å². The minimum atomic E-state index is -4.96. The molecule has 1 aliphatic heterocycles. The molecule has 2 fully saturated rings. The van der Waals surface area contributed by atoms with Gasteiger partial charge in [0, 0.05) is 11.6 Å². The molecule has 3 rings (SSSR count). The van der Waals surface area contributed by atoms with Gasteiger partial charge in [0.1, 0.15) is 11.6 Å². The monoisotopic (exact) mass is 348 g/mol. The van der Waals surface area contributed by atoms with E-state index in [1.807, 2.05) is 0 Å². The van der Waals surface area contributed by atoms with Crippen molar-refractivity contribution in [2.45, 2.75) is 43.9 Å². The fourth-order valence-corrected chi connectivity index (χ4v) is 3.55. The van der Waals surface area contributed by atoms with Crippen LogP contribution in [0.1, 0.15) is 42.9 Å². The van der Waals surface area contributed by atoms with Crippen molar-refractivity contribution < 1.29 is 26.7 Å². The Morgan fingerprint density at radius 3 is 2.38 bits per heavy atom. The Kier molecular flexibility index (Phi) is 4.27. The second kappa shape index (κ2) is 5.98. The van der Waals surface area contributed by atoms with E-state index in [0.717, 1.165) is 12.8 Å². The molecule has 3 nitrogen and oxygen atoms in total. The Balaban J connectivity index is 2.01. The number of alkyl halides is 3. The van der Waals surface area contributed by atoms with Gasteiger partial charge in [-0.25, -0.2) is 8.78 Å². The SMILES string of the molecule is NC(=O)[C@H]1CCCN1[C@@H](c1cc(F)c(C(F)(F)F)cc1F)C1CC1. The van der Waals surface area contributed by atoms with Gasteiger partial charge in [-0.15, -0.1) is 0 Å². The molecule has 1 heterocycles. The summed E-state index contributed by atoms with van der Waals surface area (Å²) in [5, 5.41) is 0. The molecule has 8 heteroatoms. The number of halogens is 5. The number of carbonyl (C=O) groups is 1. The van der Waals surface area contributed by atoms with Gasteiger partial charge in [-0.2, -0.15) is 13.2 Å². The van der Waals surface area contributed by atoms with Crippen LogP contribution in [0, 0.1) is 17.6 Å². The van der Waals surface area contributed by atoms with Crippen molar-refractivity contribution in [1.29, 1.82) is 0 Å². The third kappa shape index (κ3) is 3.11. The normalized spacial score (nSPS) is 23.5. The Labute approximate surface area is 135 Å². The number of benzene rings is 1. The molecule has 0 unspecified atom stereocenters. The molecule has 1 amide bonds. The minimum Gasteiger partial charge on any atom is -0.368 e. The molecule has 1 aliphatic carbocycles. The van der Waals surface area contributed by atoms with Crippen LogP contribution in [-0.2, 0) is 11.0 Å². The number of nitrogens with two attached hydrogens (primary N) is 1. The van der Waals surface area contributed by atoms with Gasteiger partial charge in [0.25, 0.3) is 0 Å². The molecule has 0 bridgehead atoms. The molecule has 24 heavy (non-hydrogen) atoms. The van der Waals surface area contributed by atoms with Crippen molar-refractivity contribution in [3.63, 3.8) is 0 Å². The number of carbonyl (C=O) groups excluding carboxylic acids is 1. The quantitative estimate of drug-likeness (QED) is 0.848. The highest BCUT2D eigenvalue weighted by Gasteiger charge is 2.44. The smallest absolute Gasteiger partial charge is 0.368 e. The van der Waals surface area contributed by atoms with E-state index in [1.54, 1.807) is 4.90 Å². The van der Waals surface area contributed by atoms with Crippen LogP contribution in [0.2, 0.25) is 0 Å². The number of rotatable bonds is 4. The maximum Gasteiger partial charge on any atom is 0.419 e. The Morgan fingerprint density at radius 2 is 1.83 bits per heavy atom. The van der Waals surface area contributed by atoms with E-state index in [9.17, 15) is 26.7 Å². The molecular weight excluding hydrogens is 331 g/mol. The molecule has 1 saturated heterocycles. The number of nitrogens with zero attached hydrogens (tertiary/aromatic N) is 1. The van der Waals surface area contributed by atoms with Gasteiger partial charge in [0.2, 0.25) is 5.91 Å². The first-order chi connectivity index (χ1) is 11.2. The van der Waals surface area contributed by atoms with Crippen LogP contribution in [-0.4, -0.2) is 23.4 Å². The summed E-state index contributed by atoms with van der Waals surface area (Å²) in [6, 6.07) is -0.394. The van der Waals surface area contributed by atoms with E-state index in [1.165, 1.54) is 0 Å². The second-order valence-corrected chi connectivity index (χ2v) is 6.43. The summed E-state index contributed by atoms with van der Waals surface area (Å²) in [5.74, 6) is -3.16. The van der Waals surface area contributed by atoms with Crippen LogP contribution in [0.4, 0.5) is 22.0 Å². The summed E-state index contributed by atoms with van der Waals surface area (Å²) in [5.41, 5.74) is 3.63. The zero-order valence-corrected chi connectivity index (χ0v) is 12.7. The number of amides is 1. The molecule has 1 saturated carbocycles. The molecule has 2 atom stereocenters. The predicted octanol–water partition coefficient (Wildman–Crippen LogP) is 3.38. The zero-order chi connectivity index (χ0) is 17.6. The standard InChI is InChI=1S/C16H17F5N2O/c17-11-7-10(16(19,20)21)12(18)6-9(11)14(8-3-4-8)23-5-1-2-13(23)15(22)24/h6-8,13-14H,1-5H2,(H2,22,24)/t13-,14-/m1/s1. The first-order valence-corrected chi connectivity index (χ1v) is 7.81. The van der Waals surface area contributed by atoms with Crippen LogP contribution in [0.5, 0.6) is 0 Å². The van der Waals surface area contributed by atoms with Crippen molar-refractivity contribution in [1.82, 2.24) is 4.90 Å². The van der Waals surface area contributed by atoms with Crippen LogP contribution in [0.15, 0.2) is 12.1 Å². The lowest BCUT2D eigenvalue weighted by molar-refractivity contribution is -0.140. The number of likely N-dealkylation sites (tertiary alicyclic amines) is 1. The highest BCUT2D eigenvalue weighted by molar-refractivity contribution is 5.80. The van der Waals surface area contributed by atoms with E-state index < -0.39 is 41.4 Å². The molecule has 0 spiro atoms. The average molecular weight is 348 g/mol. The van der Waals surface area contributed by atoms with E-state index in [4.69, 9.17) is 5.73 Å². The third-order valence-corrected chi connectivity index (χ3v) is 4.76. The van der Waals surface area contributed by atoms with Gasteiger partial charge in [0.05, 0.1) is 11.6 Å². The van der Waals surface area contributed by atoms with E-state index in [0.29, 0.717) is 25.5 Å². The zero-order valence-electron chi connectivity index (χ0n) is 12.7. The van der Waals surface area contributed by atoms with Crippen LogP contribution >= 0.6 is 0 Å². The minimum absolute atomic E-state index is 0.00409. The maximum atomic E-state index is 14.4. The number of hydrogen-bond acceptors (Lipinski definition) is 2. The molecule has 0 aromatic heterocycles. The lowest BCUT2D eigenvalue weighted by Crippen LogP contribution is -2.43.